The molecule has 0 saturated carbocycles. The van der Waals surface area contributed by atoms with Crippen molar-refractivity contribution < 1.29 is 14.6 Å². The van der Waals surface area contributed by atoms with Gasteiger partial charge in [0.2, 0.25) is 0 Å². The van der Waals surface area contributed by atoms with Gasteiger partial charge in [-0.3, -0.25) is 4.79 Å². The van der Waals surface area contributed by atoms with Crippen molar-refractivity contribution in [1.29, 1.82) is 5.26 Å². The lowest BCUT2D eigenvalue weighted by Crippen LogP contribution is -2.13. The SMILES string of the molecule is COc1cc(/C=C(/C#N)C(=O)Nc2ccc(C)cc2)c(Br)cc1O. The highest BCUT2D eigenvalue weighted by Crippen LogP contribution is 2.33. The number of ether oxygens (including phenoxy) is 1. The topological polar surface area (TPSA) is 82.3 Å². The van der Waals surface area contributed by atoms with Gasteiger partial charge < -0.3 is 15.2 Å². The summed E-state index contributed by atoms with van der Waals surface area (Å²) in [5.41, 5.74) is 2.16. The molecule has 0 heterocycles. The Balaban J connectivity index is 2.30. The second kappa shape index (κ2) is 7.66. The molecule has 0 unspecified atom stereocenters. The summed E-state index contributed by atoms with van der Waals surface area (Å²) in [4.78, 5) is 12.3. The molecule has 0 aromatic heterocycles. The zero-order valence-electron chi connectivity index (χ0n) is 13.1. The van der Waals surface area contributed by atoms with Gasteiger partial charge in [-0.15, -0.1) is 0 Å². The Labute approximate surface area is 148 Å². The number of anilines is 1. The Morgan fingerprint density at radius 1 is 1.33 bits per heavy atom. The van der Waals surface area contributed by atoms with Gasteiger partial charge in [-0.05, 0) is 42.8 Å². The lowest BCUT2D eigenvalue weighted by Gasteiger charge is -2.08. The van der Waals surface area contributed by atoms with E-state index in [1.807, 2.05) is 25.1 Å². The summed E-state index contributed by atoms with van der Waals surface area (Å²) in [5.74, 6) is -0.301. The summed E-state index contributed by atoms with van der Waals surface area (Å²) < 4.78 is 5.58. The number of nitriles is 1. The Kier molecular flexibility index (Phi) is 5.61. The fourth-order valence-electron chi connectivity index (χ4n) is 1.97. The van der Waals surface area contributed by atoms with Crippen LogP contribution in [0.3, 0.4) is 0 Å². The van der Waals surface area contributed by atoms with Crippen LogP contribution in [0.2, 0.25) is 0 Å². The summed E-state index contributed by atoms with van der Waals surface area (Å²) in [5, 5.41) is 21.7. The maximum Gasteiger partial charge on any atom is 0.266 e. The van der Waals surface area contributed by atoms with Crippen LogP contribution in [0.4, 0.5) is 5.69 Å². The first-order valence-electron chi connectivity index (χ1n) is 7.01. The molecule has 0 atom stereocenters. The number of carbonyl (C=O) groups excluding carboxylic acids is 1. The highest BCUT2D eigenvalue weighted by atomic mass is 79.9. The van der Waals surface area contributed by atoms with Crippen molar-refractivity contribution in [2.24, 2.45) is 0 Å². The number of halogens is 1. The van der Waals surface area contributed by atoms with Gasteiger partial charge in [0, 0.05) is 10.2 Å². The fraction of sp³-hybridized carbons (Fsp3) is 0.111. The minimum atomic E-state index is -0.514. The molecule has 0 bridgehead atoms. The van der Waals surface area contributed by atoms with Crippen molar-refractivity contribution in [2.45, 2.75) is 6.92 Å². The number of phenolic OH excluding ortho intramolecular Hbond substituents is 1. The predicted octanol–water partition coefficient (Wildman–Crippen LogP) is 4.02. The van der Waals surface area contributed by atoms with Crippen LogP contribution in [0, 0.1) is 18.3 Å². The van der Waals surface area contributed by atoms with Gasteiger partial charge in [-0.2, -0.15) is 5.26 Å². The van der Waals surface area contributed by atoms with E-state index in [2.05, 4.69) is 21.2 Å². The van der Waals surface area contributed by atoms with E-state index in [1.54, 1.807) is 12.1 Å². The Morgan fingerprint density at radius 2 is 2.00 bits per heavy atom. The van der Waals surface area contributed by atoms with Gasteiger partial charge in [-0.1, -0.05) is 33.6 Å². The molecule has 5 nitrogen and oxygen atoms in total. The molecular weight excluding hydrogens is 372 g/mol. The third kappa shape index (κ3) is 4.15. The summed E-state index contributed by atoms with van der Waals surface area (Å²) in [6.45, 7) is 1.95. The van der Waals surface area contributed by atoms with Crippen LogP contribution in [-0.4, -0.2) is 18.1 Å². The van der Waals surface area contributed by atoms with E-state index >= 15 is 0 Å². The largest absolute Gasteiger partial charge is 0.504 e. The summed E-state index contributed by atoms with van der Waals surface area (Å²) >= 11 is 3.29. The van der Waals surface area contributed by atoms with Crippen molar-refractivity contribution in [2.75, 3.05) is 12.4 Å². The van der Waals surface area contributed by atoms with Crippen LogP contribution in [0.25, 0.3) is 6.08 Å². The molecular formula is C18H15BrN2O3. The highest BCUT2D eigenvalue weighted by Gasteiger charge is 2.12. The van der Waals surface area contributed by atoms with E-state index in [0.717, 1.165) is 5.56 Å². The number of rotatable bonds is 4. The van der Waals surface area contributed by atoms with E-state index in [9.17, 15) is 15.2 Å². The summed E-state index contributed by atoms with van der Waals surface area (Å²) in [6, 6.07) is 12.1. The molecule has 0 aliphatic rings. The van der Waals surface area contributed by atoms with Gasteiger partial charge in [0.15, 0.2) is 11.5 Å². The van der Waals surface area contributed by atoms with Gasteiger partial charge in [0.05, 0.1) is 7.11 Å². The minimum absolute atomic E-state index is 0.0378. The number of aromatic hydroxyl groups is 1. The van der Waals surface area contributed by atoms with Crippen LogP contribution in [0.15, 0.2) is 46.4 Å². The molecule has 2 rings (SSSR count). The molecule has 2 N–H and O–H groups in total. The lowest BCUT2D eigenvalue weighted by molar-refractivity contribution is -0.112. The Hall–Kier alpha value is -2.78. The van der Waals surface area contributed by atoms with Crippen LogP contribution >= 0.6 is 15.9 Å². The third-order valence-corrected chi connectivity index (χ3v) is 3.96. The van der Waals surface area contributed by atoms with Crippen molar-refractivity contribution in [3.05, 3.63) is 57.6 Å². The number of amides is 1. The number of phenols is 1. The van der Waals surface area contributed by atoms with Crippen molar-refractivity contribution in [3.63, 3.8) is 0 Å². The quantitative estimate of drug-likeness (QED) is 0.613. The normalized spacial score (nSPS) is 10.8. The second-order valence-corrected chi connectivity index (χ2v) is 5.89. The van der Waals surface area contributed by atoms with E-state index in [1.165, 1.54) is 25.3 Å². The maximum absolute atomic E-state index is 12.3. The molecule has 0 saturated heterocycles. The first kappa shape index (κ1) is 17.6. The number of hydrogen-bond donors (Lipinski definition) is 2. The monoisotopic (exact) mass is 386 g/mol. The second-order valence-electron chi connectivity index (χ2n) is 5.04. The van der Waals surface area contributed by atoms with Gasteiger partial charge >= 0.3 is 0 Å². The maximum atomic E-state index is 12.3. The number of benzene rings is 2. The third-order valence-electron chi connectivity index (χ3n) is 3.27. The standard InChI is InChI=1S/C18H15BrN2O3/c1-11-3-5-14(6-4-11)21-18(23)13(10-20)7-12-8-17(24-2)16(22)9-15(12)19/h3-9,22H,1-2H3,(H,21,23)/b13-7-. The minimum Gasteiger partial charge on any atom is -0.504 e. The number of methoxy groups -OCH3 is 1. The molecule has 0 spiro atoms. The number of carbonyl (C=O) groups is 1. The number of nitrogens with one attached hydrogen (secondary N) is 1. The van der Waals surface area contributed by atoms with Crippen LogP contribution < -0.4 is 10.1 Å². The number of aryl methyl sites for hydroxylation is 1. The zero-order valence-corrected chi connectivity index (χ0v) is 14.7. The zero-order chi connectivity index (χ0) is 17.7. The highest BCUT2D eigenvalue weighted by molar-refractivity contribution is 9.10. The molecule has 122 valence electrons. The molecule has 2 aromatic rings. The van der Waals surface area contributed by atoms with Crippen LogP contribution in [0.1, 0.15) is 11.1 Å². The fourth-order valence-corrected chi connectivity index (χ4v) is 2.42. The molecule has 0 aliphatic heterocycles. The van der Waals surface area contributed by atoms with Gasteiger partial charge in [0.1, 0.15) is 11.6 Å². The first-order chi connectivity index (χ1) is 11.4. The number of hydrogen-bond acceptors (Lipinski definition) is 4. The molecule has 0 aliphatic carbocycles. The Bertz CT molecular complexity index is 837. The summed E-state index contributed by atoms with van der Waals surface area (Å²) in [6.07, 6.45) is 1.43. The van der Waals surface area contributed by atoms with E-state index in [-0.39, 0.29) is 17.1 Å². The van der Waals surface area contributed by atoms with E-state index in [0.29, 0.717) is 15.7 Å². The van der Waals surface area contributed by atoms with Crippen molar-refractivity contribution in [3.8, 4) is 17.6 Å². The average molecular weight is 387 g/mol. The van der Waals surface area contributed by atoms with Crippen molar-refractivity contribution >= 4 is 33.6 Å². The number of nitrogens with zero attached hydrogens (tertiary/aromatic N) is 1. The molecule has 24 heavy (non-hydrogen) atoms. The Morgan fingerprint density at radius 3 is 2.58 bits per heavy atom. The smallest absolute Gasteiger partial charge is 0.266 e. The average Bonchev–Trinajstić information content (AvgIpc) is 2.56. The first-order valence-corrected chi connectivity index (χ1v) is 7.80. The molecule has 0 radical (unpaired) electrons. The molecule has 1 amide bonds. The lowest BCUT2D eigenvalue weighted by atomic mass is 10.1. The van der Waals surface area contributed by atoms with E-state index in [4.69, 9.17) is 4.74 Å². The van der Waals surface area contributed by atoms with E-state index < -0.39 is 5.91 Å². The summed E-state index contributed by atoms with van der Waals surface area (Å²) in [7, 11) is 1.42. The van der Waals surface area contributed by atoms with Crippen LogP contribution in [-0.2, 0) is 4.79 Å². The predicted molar refractivity (Wildman–Crippen MR) is 95.8 cm³/mol. The molecule has 2 aromatic carbocycles. The van der Waals surface area contributed by atoms with Gasteiger partial charge in [-0.25, -0.2) is 0 Å². The van der Waals surface area contributed by atoms with Crippen LogP contribution in [0.5, 0.6) is 11.5 Å². The van der Waals surface area contributed by atoms with Gasteiger partial charge in [0.25, 0.3) is 5.91 Å². The molecule has 6 heteroatoms. The molecule has 0 fully saturated rings. The van der Waals surface area contributed by atoms with Crippen molar-refractivity contribution in [1.82, 2.24) is 0 Å².